The minimum absolute atomic E-state index is 0.0754. The lowest BCUT2D eigenvalue weighted by Gasteiger charge is -2.40. The summed E-state index contributed by atoms with van der Waals surface area (Å²) in [7, 11) is 1.25. The Bertz CT molecular complexity index is 507. The zero-order valence-corrected chi connectivity index (χ0v) is 13.9. The molecule has 2 rings (SSSR count). The van der Waals surface area contributed by atoms with Gasteiger partial charge < -0.3 is 14.6 Å². The Kier molecular flexibility index (Phi) is 3.90. The maximum atomic E-state index is 12.9. The fourth-order valence-electron chi connectivity index (χ4n) is 3.60. The van der Waals surface area contributed by atoms with Gasteiger partial charge in [-0.1, -0.05) is 26.8 Å². The van der Waals surface area contributed by atoms with Gasteiger partial charge in [0.25, 0.3) is 0 Å². The van der Waals surface area contributed by atoms with Crippen LogP contribution in [-0.4, -0.2) is 53.0 Å². The molecule has 1 N–H and O–H groups in total. The molecule has 0 aromatic heterocycles. The van der Waals surface area contributed by atoms with Gasteiger partial charge in [-0.05, 0) is 13.3 Å². The van der Waals surface area contributed by atoms with Crippen molar-refractivity contribution in [3.05, 3.63) is 12.7 Å². The molecule has 0 unspecified atom stereocenters. The van der Waals surface area contributed by atoms with Gasteiger partial charge in [0.1, 0.15) is 11.8 Å². The number of carbonyl (C=O) groups excluding carboxylic acids is 2. The van der Waals surface area contributed by atoms with Crippen molar-refractivity contribution in [1.82, 2.24) is 4.90 Å². The molecule has 2 aliphatic heterocycles. The predicted molar refractivity (Wildman–Crippen MR) is 79.7 cm³/mol. The number of esters is 1. The molecule has 22 heavy (non-hydrogen) atoms. The highest BCUT2D eigenvalue weighted by atomic mass is 16.6. The van der Waals surface area contributed by atoms with E-state index in [1.807, 2.05) is 20.8 Å². The van der Waals surface area contributed by atoms with E-state index in [1.54, 1.807) is 6.08 Å². The number of methoxy groups -OCH3 is 1. The number of rotatable bonds is 3. The van der Waals surface area contributed by atoms with Gasteiger partial charge in [-0.3, -0.25) is 9.69 Å². The number of fused-ring (bicyclic) bond motifs is 1. The first-order valence-electron chi connectivity index (χ1n) is 7.42. The Hall–Kier alpha value is -1.40. The molecule has 0 saturated carbocycles. The largest absolute Gasteiger partial charge is 0.467 e. The molecular formula is C16H25NO5. The van der Waals surface area contributed by atoms with Crippen LogP contribution in [0.3, 0.4) is 0 Å². The van der Waals surface area contributed by atoms with Crippen molar-refractivity contribution in [2.75, 3.05) is 13.7 Å². The van der Waals surface area contributed by atoms with E-state index >= 15 is 0 Å². The fraction of sp³-hybridized carbons (Fsp3) is 0.750. The first-order valence-corrected chi connectivity index (χ1v) is 7.42. The molecule has 0 radical (unpaired) electrons. The Morgan fingerprint density at radius 3 is 2.64 bits per heavy atom. The number of nitrogens with zero attached hydrogens (tertiary/aromatic N) is 1. The van der Waals surface area contributed by atoms with Gasteiger partial charge >= 0.3 is 5.97 Å². The van der Waals surface area contributed by atoms with Crippen LogP contribution >= 0.6 is 0 Å². The normalized spacial score (nSPS) is 38.1. The predicted octanol–water partition coefficient (Wildman–Crippen LogP) is 1.09. The molecule has 0 aromatic carbocycles. The topological polar surface area (TPSA) is 76.1 Å². The summed E-state index contributed by atoms with van der Waals surface area (Å²) in [5.41, 5.74) is -3.50. The van der Waals surface area contributed by atoms with Crippen molar-refractivity contribution < 1.29 is 24.2 Å². The molecule has 6 nitrogen and oxygen atoms in total. The molecule has 1 amide bonds. The molecule has 0 bridgehead atoms. The first kappa shape index (κ1) is 17.0. The monoisotopic (exact) mass is 311 g/mol. The Labute approximate surface area is 131 Å². The first-order chi connectivity index (χ1) is 10.1. The summed E-state index contributed by atoms with van der Waals surface area (Å²) in [6.07, 6.45) is 1.27. The quantitative estimate of drug-likeness (QED) is 0.623. The summed E-state index contributed by atoms with van der Waals surface area (Å²) in [6, 6.07) is 0. The van der Waals surface area contributed by atoms with Crippen LogP contribution in [-0.2, 0) is 19.1 Å². The van der Waals surface area contributed by atoms with E-state index in [4.69, 9.17) is 9.47 Å². The maximum Gasteiger partial charge on any atom is 0.337 e. The summed E-state index contributed by atoms with van der Waals surface area (Å²) >= 11 is 0. The van der Waals surface area contributed by atoms with E-state index in [0.717, 1.165) is 0 Å². The minimum Gasteiger partial charge on any atom is -0.467 e. The molecule has 2 fully saturated rings. The second kappa shape index (κ2) is 5.06. The van der Waals surface area contributed by atoms with Crippen LogP contribution in [0.2, 0.25) is 0 Å². The van der Waals surface area contributed by atoms with Crippen LogP contribution in [0.15, 0.2) is 12.7 Å². The average Bonchev–Trinajstić information content (AvgIpc) is 2.90. The van der Waals surface area contributed by atoms with E-state index in [1.165, 1.54) is 18.9 Å². The highest BCUT2D eigenvalue weighted by Crippen LogP contribution is 2.52. The van der Waals surface area contributed by atoms with Gasteiger partial charge in [-0.25, -0.2) is 4.79 Å². The maximum absolute atomic E-state index is 12.9. The number of ether oxygens (including phenoxy) is 2. The molecule has 0 aromatic rings. The third kappa shape index (κ3) is 1.93. The smallest absolute Gasteiger partial charge is 0.337 e. The van der Waals surface area contributed by atoms with Crippen LogP contribution in [0.25, 0.3) is 0 Å². The Morgan fingerprint density at radius 1 is 1.59 bits per heavy atom. The van der Waals surface area contributed by atoms with Gasteiger partial charge in [-0.15, -0.1) is 6.58 Å². The molecule has 124 valence electrons. The molecule has 2 saturated heterocycles. The molecule has 2 aliphatic rings. The van der Waals surface area contributed by atoms with E-state index in [2.05, 4.69) is 6.58 Å². The van der Waals surface area contributed by atoms with Gasteiger partial charge in [0.05, 0.1) is 19.6 Å². The van der Waals surface area contributed by atoms with E-state index < -0.39 is 34.7 Å². The third-order valence-electron chi connectivity index (χ3n) is 4.81. The number of carbonyl (C=O) groups is 2. The van der Waals surface area contributed by atoms with Crippen molar-refractivity contribution in [2.45, 2.75) is 51.5 Å². The Balaban J connectivity index is 2.61. The number of amides is 1. The lowest BCUT2D eigenvalue weighted by Crippen LogP contribution is -2.64. The van der Waals surface area contributed by atoms with Crippen molar-refractivity contribution in [2.24, 2.45) is 11.3 Å². The van der Waals surface area contributed by atoms with Gasteiger partial charge in [-0.2, -0.15) is 0 Å². The number of allylic oxidation sites excluding steroid dienone is 1. The molecule has 0 aliphatic carbocycles. The van der Waals surface area contributed by atoms with E-state index in [0.29, 0.717) is 0 Å². The second-order valence-electron chi connectivity index (χ2n) is 7.31. The zero-order chi connectivity index (χ0) is 16.9. The molecule has 2 heterocycles. The van der Waals surface area contributed by atoms with E-state index in [9.17, 15) is 14.7 Å². The molecular weight excluding hydrogens is 286 g/mol. The minimum atomic E-state index is -1.59. The molecule has 6 heteroatoms. The summed E-state index contributed by atoms with van der Waals surface area (Å²) in [6.45, 7) is 10.8. The summed E-state index contributed by atoms with van der Waals surface area (Å²) in [5, 5.41) is 11.1. The summed E-state index contributed by atoms with van der Waals surface area (Å²) in [5.74, 6) is -1.69. The third-order valence-corrected chi connectivity index (χ3v) is 4.81. The van der Waals surface area contributed by atoms with Crippen LogP contribution in [0.4, 0.5) is 0 Å². The highest BCUT2D eigenvalue weighted by Gasteiger charge is 2.75. The lowest BCUT2D eigenvalue weighted by molar-refractivity contribution is -0.167. The van der Waals surface area contributed by atoms with Crippen LogP contribution in [0, 0.1) is 11.3 Å². The van der Waals surface area contributed by atoms with Crippen molar-refractivity contribution >= 4 is 11.9 Å². The van der Waals surface area contributed by atoms with Gasteiger partial charge in [0.2, 0.25) is 5.91 Å². The fourth-order valence-corrected chi connectivity index (χ4v) is 3.60. The summed E-state index contributed by atoms with van der Waals surface area (Å²) in [4.78, 5) is 26.8. The zero-order valence-electron chi connectivity index (χ0n) is 13.9. The number of hydrogen-bond acceptors (Lipinski definition) is 5. The van der Waals surface area contributed by atoms with Crippen LogP contribution < -0.4 is 0 Å². The van der Waals surface area contributed by atoms with E-state index in [-0.39, 0.29) is 18.9 Å². The lowest BCUT2D eigenvalue weighted by atomic mass is 9.75. The molecule has 0 spiro atoms. The standard InChI is InChI=1S/C16H25NO5/c1-7-8-10-11(18)17-12(14(2,3)4)22-9-16(17,13(19)21-6)15(10,5)20/h7,10,12,20H,1,8-9H2,2-6H3/t10-,12+,15-,16-/m0/s1. The Morgan fingerprint density at radius 2 is 2.18 bits per heavy atom. The second-order valence-corrected chi connectivity index (χ2v) is 7.31. The number of aliphatic hydroxyl groups is 1. The van der Waals surface area contributed by atoms with Crippen molar-refractivity contribution in [3.8, 4) is 0 Å². The van der Waals surface area contributed by atoms with Crippen molar-refractivity contribution in [1.29, 1.82) is 0 Å². The van der Waals surface area contributed by atoms with Gasteiger partial charge in [0, 0.05) is 5.41 Å². The van der Waals surface area contributed by atoms with Crippen LogP contribution in [0.1, 0.15) is 34.1 Å². The average molecular weight is 311 g/mol. The number of hydrogen-bond donors (Lipinski definition) is 1. The molecule has 4 atom stereocenters. The SMILES string of the molecule is C=CC[C@H]1C(=O)N2[C@@H](C(C)(C)C)OC[C@]2(C(=O)OC)[C@@]1(C)O. The van der Waals surface area contributed by atoms with Crippen LogP contribution in [0.5, 0.6) is 0 Å². The highest BCUT2D eigenvalue weighted by molar-refractivity contribution is 5.97. The van der Waals surface area contributed by atoms with Gasteiger partial charge in [0.15, 0.2) is 5.54 Å². The van der Waals surface area contributed by atoms with Crippen molar-refractivity contribution in [3.63, 3.8) is 0 Å². The summed E-state index contributed by atoms with van der Waals surface area (Å²) < 4.78 is 10.7.